The summed E-state index contributed by atoms with van der Waals surface area (Å²) in [5.74, 6) is 1.40. The molecule has 2 aromatic rings. The van der Waals surface area contributed by atoms with Gasteiger partial charge in [0, 0.05) is 13.0 Å². The summed E-state index contributed by atoms with van der Waals surface area (Å²) >= 11 is 0. The number of aromatic nitrogens is 2. The lowest BCUT2D eigenvalue weighted by Gasteiger charge is -2.02. The highest BCUT2D eigenvalue weighted by atomic mass is 16.4. The van der Waals surface area contributed by atoms with E-state index in [2.05, 4.69) is 54.5 Å². The van der Waals surface area contributed by atoms with E-state index < -0.39 is 0 Å². The molecule has 4 heteroatoms. The Morgan fingerprint density at radius 3 is 2.63 bits per heavy atom. The number of hydrogen-bond acceptors (Lipinski definition) is 4. The molecule has 0 atom stereocenters. The summed E-state index contributed by atoms with van der Waals surface area (Å²) in [4.78, 5) is 0. The first-order chi connectivity index (χ1) is 9.19. The van der Waals surface area contributed by atoms with Crippen LogP contribution < -0.4 is 5.32 Å². The molecule has 0 aliphatic rings. The van der Waals surface area contributed by atoms with E-state index in [1.54, 1.807) is 0 Å². The standard InChI is InChI=1S/C15H21N3O/c1-4-16-8-7-14-17-18-15(19-14)10-13-6-5-11(2)12(3)9-13/h5-6,9,16H,4,7-8,10H2,1-3H3. The van der Waals surface area contributed by atoms with Gasteiger partial charge in [0.1, 0.15) is 0 Å². The largest absolute Gasteiger partial charge is 0.425 e. The van der Waals surface area contributed by atoms with Gasteiger partial charge in [-0.2, -0.15) is 0 Å². The molecule has 0 aliphatic carbocycles. The predicted octanol–water partition coefficient (Wildman–Crippen LogP) is 2.43. The van der Waals surface area contributed by atoms with E-state index in [1.807, 2.05) is 0 Å². The van der Waals surface area contributed by atoms with E-state index >= 15 is 0 Å². The second-order valence-electron chi connectivity index (χ2n) is 4.79. The van der Waals surface area contributed by atoms with Crippen molar-refractivity contribution in [2.24, 2.45) is 0 Å². The zero-order valence-electron chi connectivity index (χ0n) is 11.9. The summed E-state index contributed by atoms with van der Waals surface area (Å²) in [6.45, 7) is 8.16. The van der Waals surface area contributed by atoms with Crippen LogP contribution >= 0.6 is 0 Å². The third-order valence-electron chi connectivity index (χ3n) is 3.20. The molecule has 1 N–H and O–H groups in total. The highest BCUT2D eigenvalue weighted by Crippen LogP contribution is 2.13. The molecule has 0 saturated carbocycles. The monoisotopic (exact) mass is 259 g/mol. The third-order valence-corrected chi connectivity index (χ3v) is 3.20. The Morgan fingerprint density at radius 1 is 1.11 bits per heavy atom. The van der Waals surface area contributed by atoms with Crippen molar-refractivity contribution in [2.45, 2.75) is 33.6 Å². The van der Waals surface area contributed by atoms with Gasteiger partial charge in [0.2, 0.25) is 11.8 Å². The molecular weight excluding hydrogens is 238 g/mol. The second-order valence-corrected chi connectivity index (χ2v) is 4.79. The van der Waals surface area contributed by atoms with Gasteiger partial charge in [-0.3, -0.25) is 0 Å². The van der Waals surface area contributed by atoms with E-state index in [-0.39, 0.29) is 0 Å². The van der Waals surface area contributed by atoms with Crippen LogP contribution in [0.2, 0.25) is 0 Å². The lowest BCUT2D eigenvalue weighted by atomic mass is 10.0. The van der Waals surface area contributed by atoms with Crippen LogP contribution in [0.15, 0.2) is 22.6 Å². The molecule has 102 valence electrons. The Hall–Kier alpha value is -1.68. The van der Waals surface area contributed by atoms with Crippen molar-refractivity contribution in [2.75, 3.05) is 13.1 Å². The molecular formula is C15H21N3O. The summed E-state index contributed by atoms with van der Waals surface area (Å²) in [6.07, 6.45) is 1.49. The first-order valence-corrected chi connectivity index (χ1v) is 6.77. The Morgan fingerprint density at radius 2 is 1.89 bits per heavy atom. The highest BCUT2D eigenvalue weighted by molar-refractivity contribution is 5.31. The van der Waals surface area contributed by atoms with E-state index in [1.165, 1.54) is 16.7 Å². The molecule has 1 aromatic heterocycles. The number of benzene rings is 1. The lowest BCUT2D eigenvalue weighted by Crippen LogP contribution is -2.16. The van der Waals surface area contributed by atoms with Crippen LogP contribution in [0.4, 0.5) is 0 Å². The Bertz CT molecular complexity index is 534. The topological polar surface area (TPSA) is 51.0 Å². The van der Waals surface area contributed by atoms with Crippen molar-refractivity contribution in [3.63, 3.8) is 0 Å². The van der Waals surface area contributed by atoms with Crippen molar-refractivity contribution < 1.29 is 4.42 Å². The minimum absolute atomic E-state index is 0.690. The second kappa shape index (κ2) is 6.48. The molecule has 0 aliphatic heterocycles. The fourth-order valence-corrected chi connectivity index (χ4v) is 1.92. The first-order valence-electron chi connectivity index (χ1n) is 6.77. The zero-order chi connectivity index (χ0) is 13.7. The van der Waals surface area contributed by atoms with Crippen LogP contribution in [0.3, 0.4) is 0 Å². The maximum Gasteiger partial charge on any atom is 0.220 e. The third kappa shape index (κ3) is 3.89. The molecule has 0 saturated heterocycles. The predicted molar refractivity (Wildman–Crippen MR) is 75.3 cm³/mol. The van der Waals surface area contributed by atoms with Crippen molar-refractivity contribution in [3.8, 4) is 0 Å². The van der Waals surface area contributed by atoms with E-state index in [4.69, 9.17) is 4.42 Å². The summed E-state index contributed by atoms with van der Waals surface area (Å²) in [5.41, 5.74) is 3.81. The van der Waals surface area contributed by atoms with Crippen molar-refractivity contribution in [3.05, 3.63) is 46.7 Å². The number of hydrogen-bond donors (Lipinski definition) is 1. The number of nitrogens with zero attached hydrogens (tertiary/aromatic N) is 2. The van der Waals surface area contributed by atoms with Crippen molar-refractivity contribution in [1.29, 1.82) is 0 Å². The molecule has 19 heavy (non-hydrogen) atoms. The van der Waals surface area contributed by atoms with Gasteiger partial charge < -0.3 is 9.73 Å². The quantitative estimate of drug-likeness (QED) is 0.809. The molecule has 0 unspecified atom stereocenters. The van der Waals surface area contributed by atoms with Gasteiger partial charge in [-0.05, 0) is 37.1 Å². The molecule has 1 aromatic carbocycles. The van der Waals surface area contributed by atoms with Crippen LogP contribution in [-0.2, 0) is 12.8 Å². The number of aryl methyl sites for hydroxylation is 2. The van der Waals surface area contributed by atoms with Gasteiger partial charge in [0.25, 0.3) is 0 Å². The molecule has 2 rings (SSSR count). The molecule has 4 nitrogen and oxygen atoms in total. The van der Waals surface area contributed by atoms with Gasteiger partial charge in [-0.25, -0.2) is 0 Å². The fourth-order valence-electron chi connectivity index (χ4n) is 1.92. The van der Waals surface area contributed by atoms with Crippen LogP contribution in [0, 0.1) is 13.8 Å². The van der Waals surface area contributed by atoms with E-state index in [9.17, 15) is 0 Å². The van der Waals surface area contributed by atoms with Gasteiger partial charge in [-0.15, -0.1) is 10.2 Å². The molecule has 0 amide bonds. The summed E-state index contributed by atoms with van der Waals surface area (Å²) < 4.78 is 5.64. The van der Waals surface area contributed by atoms with E-state index in [0.717, 1.165) is 19.5 Å². The maximum absolute atomic E-state index is 5.64. The van der Waals surface area contributed by atoms with Crippen LogP contribution in [0.5, 0.6) is 0 Å². The summed E-state index contributed by atoms with van der Waals surface area (Å²) in [5, 5.41) is 11.4. The maximum atomic E-state index is 5.64. The minimum atomic E-state index is 0.690. The molecule has 0 spiro atoms. The van der Waals surface area contributed by atoms with Gasteiger partial charge >= 0.3 is 0 Å². The van der Waals surface area contributed by atoms with Crippen molar-refractivity contribution in [1.82, 2.24) is 15.5 Å². The van der Waals surface area contributed by atoms with Crippen molar-refractivity contribution >= 4 is 0 Å². The average molecular weight is 259 g/mol. The van der Waals surface area contributed by atoms with Gasteiger partial charge in [-0.1, -0.05) is 25.1 Å². The number of rotatable bonds is 6. The summed E-state index contributed by atoms with van der Waals surface area (Å²) in [7, 11) is 0. The fraction of sp³-hybridized carbons (Fsp3) is 0.467. The average Bonchev–Trinajstić information content (AvgIpc) is 2.82. The van der Waals surface area contributed by atoms with Crippen LogP contribution in [0.1, 0.15) is 35.4 Å². The smallest absolute Gasteiger partial charge is 0.220 e. The minimum Gasteiger partial charge on any atom is -0.425 e. The highest BCUT2D eigenvalue weighted by Gasteiger charge is 2.07. The lowest BCUT2D eigenvalue weighted by molar-refractivity contribution is 0.452. The number of likely N-dealkylation sites (N-methyl/N-ethyl adjacent to an activating group) is 1. The normalized spacial score (nSPS) is 10.9. The summed E-state index contributed by atoms with van der Waals surface area (Å²) in [6, 6.07) is 6.43. The van der Waals surface area contributed by atoms with Crippen LogP contribution in [0.25, 0.3) is 0 Å². The Balaban J connectivity index is 1.97. The first kappa shape index (κ1) is 13.7. The Kier molecular flexibility index (Phi) is 4.68. The molecule has 0 bridgehead atoms. The van der Waals surface area contributed by atoms with Gasteiger partial charge in [0.05, 0.1) is 6.42 Å². The van der Waals surface area contributed by atoms with Crippen LogP contribution in [-0.4, -0.2) is 23.3 Å². The van der Waals surface area contributed by atoms with Gasteiger partial charge in [0.15, 0.2) is 0 Å². The van der Waals surface area contributed by atoms with E-state index in [0.29, 0.717) is 18.2 Å². The number of nitrogens with one attached hydrogen (secondary N) is 1. The SMILES string of the molecule is CCNCCc1nnc(Cc2ccc(C)c(C)c2)o1. The molecule has 0 radical (unpaired) electrons. The Labute approximate surface area is 114 Å². The zero-order valence-corrected chi connectivity index (χ0v) is 11.9. The molecule has 1 heterocycles. The molecule has 0 fully saturated rings.